The number of aryl methyl sites for hydroxylation is 1. The number of rotatable bonds is 9. The van der Waals surface area contributed by atoms with Gasteiger partial charge in [0, 0.05) is 5.56 Å². The highest BCUT2D eigenvalue weighted by molar-refractivity contribution is 7.89. The molecule has 31 heavy (non-hydrogen) atoms. The van der Waals surface area contributed by atoms with E-state index in [9.17, 15) is 8.42 Å². The molecule has 0 fully saturated rings. The molecule has 0 heterocycles. The summed E-state index contributed by atoms with van der Waals surface area (Å²) in [6, 6.07) is 19.2. The van der Waals surface area contributed by atoms with E-state index in [0.29, 0.717) is 17.1 Å². The van der Waals surface area contributed by atoms with Gasteiger partial charge >= 0.3 is 0 Å². The molecular weight excluding hydrogens is 416 g/mol. The van der Waals surface area contributed by atoms with Crippen molar-refractivity contribution in [3.05, 3.63) is 83.4 Å². The highest BCUT2D eigenvalue weighted by atomic mass is 32.2. The maximum atomic E-state index is 12.3. The fourth-order valence-corrected chi connectivity index (χ4v) is 3.56. The molecule has 0 saturated heterocycles. The number of benzene rings is 3. The van der Waals surface area contributed by atoms with Crippen LogP contribution >= 0.6 is 0 Å². The first-order chi connectivity index (χ1) is 14.9. The van der Waals surface area contributed by atoms with Gasteiger partial charge in [0.1, 0.15) is 23.9 Å². The fraction of sp³-hybridized carbons (Fsp3) is 0.174. The number of hydrazone groups is 1. The Hall–Kier alpha value is -3.52. The molecule has 0 aliphatic rings. The summed E-state index contributed by atoms with van der Waals surface area (Å²) in [5, 5.41) is 3.89. The molecule has 0 radical (unpaired) electrons. The van der Waals surface area contributed by atoms with Crippen molar-refractivity contribution >= 4 is 16.2 Å². The molecule has 1 N–H and O–H groups in total. The predicted octanol–water partition coefficient (Wildman–Crippen LogP) is 3.90. The number of hydrogen-bond acceptors (Lipinski definition) is 6. The zero-order valence-electron chi connectivity index (χ0n) is 17.5. The molecule has 8 heteroatoms. The second-order valence-corrected chi connectivity index (χ2v) is 8.36. The van der Waals surface area contributed by atoms with E-state index in [4.69, 9.17) is 14.2 Å². The number of nitrogens with one attached hydrogen (secondary N) is 1. The zero-order valence-corrected chi connectivity index (χ0v) is 18.3. The van der Waals surface area contributed by atoms with Crippen LogP contribution in [0.3, 0.4) is 0 Å². The van der Waals surface area contributed by atoms with E-state index in [-0.39, 0.29) is 11.5 Å². The predicted molar refractivity (Wildman–Crippen MR) is 119 cm³/mol. The van der Waals surface area contributed by atoms with Gasteiger partial charge in [0.25, 0.3) is 10.0 Å². The van der Waals surface area contributed by atoms with Gasteiger partial charge in [0.2, 0.25) is 0 Å². The summed E-state index contributed by atoms with van der Waals surface area (Å²) in [4.78, 5) is 2.38. The molecule has 162 valence electrons. The van der Waals surface area contributed by atoms with Crippen molar-refractivity contribution in [2.75, 3.05) is 14.2 Å². The van der Waals surface area contributed by atoms with E-state index in [1.807, 2.05) is 37.3 Å². The summed E-state index contributed by atoms with van der Waals surface area (Å²) in [5.74, 6) is 2.09. The third kappa shape index (κ3) is 5.99. The van der Waals surface area contributed by atoms with Crippen molar-refractivity contribution in [2.45, 2.75) is 18.4 Å². The van der Waals surface area contributed by atoms with Crippen LogP contribution in [0.1, 0.15) is 16.7 Å². The Morgan fingerprint density at radius 2 is 1.58 bits per heavy atom. The molecule has 0 aliphatic heterocycles. The van der Waals surface area contributed by atoms with Crippen LogP contribution in [-0.4, -0.2) is 28.9 Å². The van der Waals surface area contributed by atoms with Gasteiger partial charge in [0.05, 0.1) is 25.3 Å². The maximum absolute atomic E-state index is 12.3. The quantitative estimate of drug-likeness (QED) is 0.403. The summed E-state index contributed by atoms with van der Waals surface area (Å²) in [6.45, 7) is 2.16. The Bertz CT molecular complexity index is 1140. The van der Waals surface area contributed by atoms with E-state index in [1.165, 1.54) is 18.3 Å². The Kier molecular flexibility index (Phi) is 7.15. The lowest BCUT2D eigenvalue weighted by Crippen LogP contribution is -2.18. The van der Waals surface area contributed by atoms with Gasteiger partial charge in [-0.05, 0) is 67.1 Å². The monoisotopic (exact) mass is 440 g/mol. The van der Waals surface area contributed by atoms with Crippen LogP contribution in [0.5, 0.6) is 17.2 Å². The highest BCUT2D eigenvalue weighted by Crippen LogP contribution is 2.23. The first-order valence-corrected chi connectivity index (χ1v) is 10.9. The van der Waals surface area contributed by atoms with Gasteiger partial charge < -0.3 is 14.2 Å². The van der Waals surface area contributed by atoms with Gasteiger partial charge in [0.15, 0.2) is 0 Å². The maximum Gasteiger partial charge on any atom is 0.276 e. The normalized spacial score (nSPS) is 11.3. The highest BCUT2D eigenvalue weighted by Gasteiger charge is 2.12. The summed E-state index contributed by atoms with van der Waals surface area (Å²) in [7, 11) is -0.545. The minimum atomic E-state index is -3.73. The molecule has 3 aromatic rings. The lowest BCUT2D eigenvalue weighted by atomic mass is 10.1. The van der Waals surface area contributed by atoms with Crippen molar-refractivity contribution in [1.82, 2.24) is 4.83 Å². The van der Waals surface area contributed by atoms with Crippen LogP contribution in [0.4, 0.5) is 0 Å². The molecule has 3 aromatic carbocycles. The second-order valence-electron chi connectivity index (χ2n) is 6.70. The number of nitrogens with zero attached hydrogens (tertiary/aromatic N) is 1. The van der Waals surface area contributed by atoms with Gasteiger partial charge in [-0.2, -0.15) is 13.5 Å². The minimum absolute atomic E-state index is 0.151. The van der Waals surface area contributed by atoms with Crippen molar-refractivity contribution in [2.24, 2.45) is 5.10 Å². The molecule has 7 nitrogen and oxygen atoms in total. The molecule has 0 atom stereocenters. The first kappa shape index (κ1) is 22.2. The van der Waals surface area contributed by atoms with Crippen LogP contribution < -0.4 is 19.0 Å². The van der Waals surface area contributed by atoms with E-state index in [0.717, 1.165) is 16.9 Å². The largest absolute Gasteiger partial charge is 0.497 e. The Morgan fingerprint density at radius 3 is 2.23 bits per heavy atom. The van der Waals surface area contributed by atoms with E-state index in [1.54, 1.807) is 38.5 Å². The molecular formula is C23H24N2O5S. The molecule has 0 bridgehead atoms. The molecule has 0 aromatic heterocycles. The van der Waals surface area contributed by atoms with Crippen molar-refractivity contribution < 1.29 is 22.6 Å². The molecule has 0 spiro atoms. The summed E-state index contributed by atoms with van der Waals surface area (Å²) in [5.41, 5.74) is 2.47. The molecule has 0 aliphatic carbocycles. The third-order valence-corrected chi connectivity index (χ3v) is 5.71. The Morgan fingerprint density at radius 1 is 0.903 bits per heavy atom. The standard InChI is InChI=1S/C23H24N2O5S/c1-17-4-11-22(12-5-17)31(26,27)25-24-15-18-6-13-23(29-3)19(14-18)16-30-21-9-7-20(28-2)8-10-21/h4-15,25H,16H2,1-3H3/b24-15+. The van der Waals surface area contributed by atoms with Crippen LogP contribution in [-0.2, 0) is 16.6 Å². The number of hydrogen-bond donors (Lipinski definition) is 1. The number of sulfonamides is 1. The third-order valence-electron chi connectivity index (χ3n) is 4.48. The molecule has 0 amide bonds. The van der Waals surface area contributed by atoms with Crippen LogP contribution in [0, 0.1) is 6.92 Å². The number of ether oxygens (including phenoxy) is 3. The Labute approximate surface area is 182 Å². The average molecular weight is 441 g/mol. The first-order valence-electron chi connectivity index (χ1n) is 9.46. The van der Waals surface area contributed by atoms with Crippen molar-refractivity contribution in [3.8, 4) is 17.2 Å². The smallest absolute Gasteiger partial charge is 0.276 e. The fourth-order valence-electron chi connectivity index (χ4n) is 2.77. The van der Waals surface area contributed by atoms with Crippen LogP contribution in [0.2, 0.25) is 0 Å². The Balaban J connectivity index is 1.69. The summed E-state index contributed by atoms with van der Waals surface area (Å²) < 4.78 is 41.0. The minimum Gasteiger partial charge on any atom is -0.497 e. The van der Waals surface area contributed by atoms with E-state index < -0.39 is 10.0 Å². The van der Waals surface area contributed by atoms with Crippen LogP contribution in [0.15, 0.2) is 76.7 Å². The van der Waals surface area contributed by atoms with Crippen molar-refractivity contribution in [3.63, 3.8) is 0 Å². The van der Waals surface area contributed by atoms with Gasteiger partial charge in [-0.25, -0.2) is 4.83 Å². The van der Waals surface area contributed by atoms with E-state index >= 15 is 0 Å². The topological polar surface area (TPSA) is 86.2 Å². The summed E-state index contributed by atoms with van der Waals surface area (Å²) in [6.07, 6.45) is 1.43. The van der Waals surface area contributed by atoms with Gasteiger partial charge in [-0.1, -0.05) is 17.7 Å². The molecule has 3 rings (SSSR count). The lowest BCUT2D eigenvalue weighted by molar-refractivity contribution is 0.296. The summed E-state index contributed by atoms with van der Waals surface area (Å²) >= 11 is 0. The molecule has 0 unspecified atom stereocenters. The average Bonchev–Trinajstić information content (AvgIpc) is 2.78. The SMILES string of the molecule is COc1ccc(OCc2cc(/C=N/NS(=O)(=O)c3ccc(C)cc3)ccc2OC)cc1. The van der Waals surface area contributed by atoms with Gasteiger partial charge in [-0.3, -0.25) is 0 Å². The van der Waals surface area contributed by atoms with Crippen LogP contribution in [0.25, 0.3) is 0 Å². The number of methoxy groups -OCH3 is 2. The zero-order chi connectivity index (χ0) is 22.3. The molecule has 0 saturated carbocycles. The van der Waals surface area contributed by atoms with Gasteiger partial charge in [-0.15, -0.1) is 0 Å². The second kappa shape index (κ2) is 9.99. The van der Waals surface area contributed by atoms with E-state index in [2.05, 4.69) is 9.93 Å². The lowest BCUT2D eigenvalue weighted by Gasteiger charge is -2.11. The van der Waals surface area contributed by atoms with Crippen molar-refractivity contribution in [1.29, 1.82) is 0 Å².